The van der Waals surface area contributed by atoms with E-state index in [9.17, 15) is 4.79 Å². The third-order valence-corrected chi connectivity index (χ3v) is 2.86. The summed E-state index contributed by atoms with van der Waals surface area (Å²) >= 11 is 0. The van der Waals surface area contributed by atoms with E-state index in [0.29, 0.717) is 6.42 Å². The first-order valence-electron chi connectivity index (χ1n) is 5.19. The number of nitrogens with two attached hydrogens (primary N) is 1. The molecule has 0 bridgehead atoms. The molecule has 0 fully saturated rings. The molecule has 0 spiro atoms. The molecule has 0 aliphatic heterocycles. The van der Waals surface area contributed by atoms with Gasteiger partial charge in [0.05, 0.1) is 6.42 Å². The van der Waals surface area contributed by atoms with Gasteiger partial charge in [0.15, 0.2) is 0 Å². The van der Waals surface area contributed by atoms with Crippen LogP contribution in [0.5, 0.6) is 0 Å². The Morgan fingerprint density at radius 2 is 2.19 bits per heavy atom. The van der Waals surface area contributed by atoms with Crippen molar-refractivity contribution >= 4 is 16.8 Å². The highest BCUT2D eigenvalue weighted by molar-refractivity contribution is 5.91. The molecule has 0 radical (unpaired) electrons. The van der Waals surface area contributed by atoms with Crippen molar-refractivity contribution in [1.29, 1.82) is 0 Å². The minimum absolute atomic E-state index is 0.175. The van der Waals surface area contributed by atoms with Crippen molar-refractivity contribution in [3.63, 3.8) is 0 Å². The number of amides is 1. The van der Waals surface area contributed by atoms with Crippen LogP contribution in [-0.2, 0) is 11.2 Å². The number of hydrogen-bond acceptors (Lipinski definition) is 2. The molecule has 0 unspecified atom stereocenters. The molecule has 4 nitrogen and oxygen atoms in total. The van der Waals surface area contributed by atoms with Crippen LogP contribution < -0.4 is 11.3 Å². The third kappa shape index (κ3) is 1.67. The summed E-state index contributed by atoms with van der Waals surface area (Å²) in [4.78, 5) is 14.6. The Bertz CT molecular complexity index is 542. The van der Waals surface area contributed by atoms with Crippen molar-refractivity contribution < 1.29 is 4.79 Å². The lowest BCUT2D eigenvalue weighted by molar-refractivity contribution is -0.120. The Hall–Kier alpha value is -1.81. The average Bonchev–Trinajstić information content (AvgIpc) is 2.58. The number of para-hydroxylation sites is 1. The molecule has 1 amide bonds. The molecule has 1 aromatic heterocycles. The summed E-state index contributed by atoms with van der Waals surface area (Å²) in [5.74, 6) is 4.93. The van der Waals surface area contributed by atoms with Gasteiger partial charge in [0, 0.05) is 16.6 Å². The summed E-state index contributed by atoms with van der Waals surface area (Å²) in [7, 11) is 0. The van der Waals surface area contributed by atoms with Crippen LogP contribution >= 0.6 is 0 Å². The second-order valence-electron chi connectivity index (χ2n) is 3.97. The maximum atomic E-state index is 11.3. The first kappa shape index (κ1) is 10.7. The second kappa shape index (κ2) is 3.98. The van der Waals surface area contributed by atoms with Crippen LogP contribution in [-0.4, -0.2) is 10.9 Å². The van der Waals surface area contributed by atoms with Crippen molar-refractivity contribution in [1.82, 2.24) is 10.4 Å². The van der Waals surface area contributed by atoms with Gasteiger partial charge in [-0.05, 0) is 25.0 Å². The Balaban J connectivity index is 2.56. The normalized spacial score (nSPS) is 10.7. The number of aromatic nitrogens is 1. The quantitative estimate of drug-likeness (QED) is 0.403. The average molecular weight is 217 g/mol. The Morgan fingerprint density at radius 3 is 2.88 bits per heavy atom. The van der Waals surface area contributed by atoms with Gasteiger partial charge in [-0.1, -0.05) is 18.2 Å². The standard InChI is InChI=1S/C12H15N3O/c1-7-4-3-5-9-10(6-11(16)15-13)8(2)14-12(7)9/h3-5,14H,6,13H2,1-2H3,(H,15,16). The fraction of sp³-hybridized carbons (Fsp3) is 0.250. The first-order chi connectivity index (χ1) is 7.63. The van der Waals surface area contributed by atoms with Crippen molar-refractivity contribution in [3.05, 3.63) is 35.0 Å². The summed E-state index contributed by atoms with van der Waals surface area (Å²) in [6.45, 7) is 4.02. The molecule has 1 heterocycles. The zero-order valence-electron chi connectivity index (χ0n) is 9.42. The summed E-state index contributed by atoms with van der Waals surface area (Å²) in [5.41, 5.74) is 6.47. The number of benzene rings is 1. The van der Waals surface area contributed by atoms with E-state index in [1.54, 1.807) is 0 Å². The number of fused-ring (bicyclic) bond motifs is 1. The van der Waals surface area contributed by atoms with E-state index < -0.39 is 0 Å². The smallest absolute Gasteiger partial charge is 0.238 e. The van der Waals surface area contributed by atoms with Gasteiger partial charge in [-0.2, -0.15) is 0 Å². The number of aromatic amines is 1. The van der Waals surface area contributed by atoms with E-state index in [1.807, 2.05) is 32.0 Å². The second-order valence-corrected chi connectivity index (χ2v) is 3.97. The Kier molecular flexibility index (Phi) is 2.66. The van der Waals surface area contributed by atoms with E-state index in [-0.39, 0.29) is 5.91 Å². The highest BCUT2D eigenvalue weighted by Gasteiger charge is 2.12. The zero-order valence-corrected chi connectivity index (χ0v) is 9.42. The van der Waals surface area contributed by atoms with Gasteiger partial charge in [0.25, 0.3) is 0 Å². The number of carbonyl (C=O) groups excluding carboxylic acids is 1. The molecule has 4 N–H and O–H groups in total. The number of rotatable bonds is 2. The van der Waals surface area contributed by atoms with Crippen LogP contribution in [0.3, 0.4) is 0 Å². The summed E-state index contributed by atoms with van der Waals surface area (Å²) in [6.07, 6.45) is 0.311. The number of hydrazine groups is 1. The van der Waals surface area contributed by atoms with E-state index in [4.69, 9.17) is 5.84 Å². The van der Waals surface area contributed by atoms with Gasteiger partial charge in [-0.25, -0.2) is 5.84 Å². The van der Waals surface area contributed by atoms with Crippen LogP contribution in [0.2, 0.25) is 0 Å². The monoisotopic (exact) mass is 217 g/mol. The number of hydrogen-bond donors (Lipinski definition) is 3. The molecule has 16 heavy (non-hydrogen) atoms. The molecular formula is C12H15N3O. The molecular weight excluding hydrogens is 202 g/mol. The molecule has 2 rings (SSSR count). The predicted molar refractivity (Wildman–Crippen MR) is 63.8 cm³/mol. The predicted octanol–water partition coefficient (Wildman–Crippen LogP) is 1.32. The van der Waals surface area contributed by atoms with Gasteiger partial charge < -0.3 is 4.98 Å². The lowest BCUT2D eigenvalue weighted by Crippen LogP contribution is -2.31. The molecule has 0 saturated carbocycles. The van der Waals surface area contributed by atoms with E-state index in [2.05, 4.69) is 10.4 Å². The molecule has 84 valence electrons. The fourth-order valence-corrected chi connectivity index (χ4v) is 1.99. The maximum Gasteiger partial charge on any atom is 0.238 e. The van der Waals surface area contributed by atoms with Crippen LogP contribution in [0, 0.1) is 13.8 Å². The van der Waals surface area contributed by atoms with Crippen LogP contribution in [0.25, 0.3) is 10.9 Å². The van der Waals surface area contributed by atoms with Gasteiger partial charge in [0.1, 0.15) is 0 Å². The van der Waals surface area contributed by atoms with Crippen LogP contribution in [0.15, 0.2) is 18.2 Å². The molecule has 4 heteroatoms. The zero-order chi connectivity index (χ0) is 11.7. The van der Waals surface area contributed by atoms with Crippen LogP contribution in [0.4, 0.5) is 0 Å². The fourth-order valence-electron chi connectivity index (χ4n) is 1.99. The highest BCUT2D eigenvalue weighted by Crippen LogP contribution is 2.24. The Morgan fingerprint density at radius 1 is 1.44 bits per heavy atom. The van der Waals surface area contributed by atoms with Gasteiger partial charge in [-0.15, -0.1) is 0 Å². The molecule has 0 aliphatic carbocycles. The summed E-state index contributed by atoms with van der Waals surface area (Å²) in [5, 5.41) is 1.10. The highest BCUT2D eigenvalue weighted by atomic mass is 16.2. The minimum atomic E-state index is -0.175. The van der Waals surface area contributed by atoms with E-state index in [0.717, 1.165) is 22.2 Å². The topological polar surface area (TPSA) is 70.9 Å². The molecule has 0 atom stereocenters. The molecule has 2 aromatic rings. The molecule has 1 aromatic carbocycles. The van der Waals surface area contributed by atoms with Gasteiger partial charge in [0.2, 0.25) is 5.91 Å². The van der Waals surface area contributed by atoms with Crippen LogP contribution in [0.1, 0.15) is 16.8 Å². The van der Waals surface area contributed by atoms with Crippen molar-refractivity contribution in [2.45, 2.75) is 20.3 Å². The van der Waals surface area contributed by atoms with Gasteiger partial charge in [-0.3, -0.25) is 10.2 Å². The van der Waals surface area contributed by atoms with Crippen molar-refractivity contribution in [3.8, 4) is 0 Å². The maximum absolute atomic E-state index is 11.3. The SMILES string of the molecule is Cc1[nH]c2c(C)cccc2c1CC(=O)NN. The Labute approximate surface area is 93.8 Å². The largest absolute Gasteiger partial charge is 0.358 e. The van der Waals surface area contributed by atoms with E-state index in [1.165, 1.54) is 5.56 Å². The number of carbonyl (C=O) groups is 1. The summed E-state index contributed by atoms with van der Waals surface area (Å²) in [6, 6.07) is 6.06. The third-order valence-electron chi connectivity index (χ3n) is 2.86. The lowest BCUT2D eigenvalue weighted by atomic mass is 10.1. The number of aryl methyl sites for hydroxylation is 2. The summed E-state index contributed by atoms with van der Waals surface area (Å²) < 4.78 is 0. The van der Waals surface area contributed by atoms with Gasteiger partial charge >= 0.3 is 0 Å². The molecule has 0 aliphatic rings. The number of H-pyrrole nitrogens is 1. The molecule has 0 saturated heterocycles. The first-order valence-corrected chi connectivity index (χ1v) is 5.19. The lowest BCUT2D eigenvalue weighted by Gasteiger charge is -2.00. The van der Waals surface area contributed by atoms with E-state index >= 15 is 0 Å². The van der Waals surface area contributed by atoms with Crippen molar-refractivity contribution in [2.75, 3.05) is 0 Å². The number of nitrogens with one attached hydrogen (secondary N) is 2. The van der Waals surface area contributed by atoms with Crippen molar-refractivity contribution in [2.24, 2.45) is 5.84 Å². The minimum Gasteiger partial charge on any atom is -0.358 e.